The summed E-state index contributed by atoms with van der Waals surface area (Å²) in [5.41, 5.74) is 6.41. The van der Waals surface area contributed by atoms with Gasteiger partial charge in [-0.2, -0.15) is 13.2 Å². The standard InChI is InChI=1S/C20H25N3.C2HF3O2/c1-14(2)23(12-17-6-5-7-21-11-17)13-18-10-19-16(4)8-15(3)9-20(19)22-18;3-2(4,5)1(6)7/h5-11,14,22H,12-13H2,1-4H3;(H,6,7). The number of halogens is 3. The number of aromatic nitrogens is 2. The number of benzene rings is 1. The average molecular weight is 421 g/mol. The van der Waals surface area contributed by atoms with Crippen molar-refractivity contribution in [2.24, 2.45) is 0 Å². The lowest BCUT2D eigenvalue weighted by molar-refractivity contribution is -0.192. The first kappa shape index (κ1) is 23.4. The number of aromatic amines is 1. The minimum atomic E-state index is -5.08. The van der Waals surface area contributed by atoms with E-state index in [2.05, 4.69) is 66.8 Å². The highest BCUT2D eigenvalue weighted by molar-refractivity contribution is 5.84. The smallest absolute Gasteiger partial charge is 0.475 e. The molecule has 3 rings (SSSR count). The minimum Gasteiger partial charge on any atom is -0.475 e. The van der Waals surface area contributed by atoms with E-state index in [1.54, 1.807) is 0 Å². The Morgan fingerprint density at radius 2 is 1.87 bits per heavy atom. The topological polar surface area (TPSA) is 69.2 Å². The van der Waals surface area contributed by atoms with Crippen molar-refractivity contribution >= 4 is 16.9 Å². The second kappa shape index (κ2) is 9.75. The lowest BCUT2D eigenvalue weighted by Gasteiger charge is -2.25. The van der Waals surface area contributed by atoms with Crippen LogP contribution in [0.1, 0.15) is 36.2 Å². The Labute approximate surface area is 173 Å². The number of rotatable bonds is 5. The van der Waals surface area contributed by atoms with E-state index in [4.69, 9.17) is 9.90 Å². The van der Waals surface area contributed by atoms with Crippen LogP contribution in [-0.4, -0.2) is 38.2 Å². The number of H-pyrrole nitrogens is 1. The molecule has 30 heavy (non-hydrogen) atoms. The summed E-state index contributed by atoms with van der Waals surface area (Å²) in [6, 6.07) is 11.4. The van der Waals surface area contributed by atoms with Crippen LogP contribution in [0.5, 0.6) is 0 Å². The number of nitrogens with one attached hydrogen (secondary N) is 1. The quantitative estimate of drug-likeness (QED) is 0.592. The molecule has 0 saturated heterocycles. The van der Waals surface area contributed by atoms with Gasteiger partial charge in [-0.3, -0.25) is 9.88 Å². The highest BCUT2D eigenvalue weighted by atomic mass is 19.4. The fourth-order valence-electron chi connectivity index (χ4n) is 3.11. The zero-order valence-electron chi connectivity index (χ0n) is 17.4. The van der Waals surface area contributed by atoms with Crippen molar-refractivity contribution in [3.63, 3.8) is 0 Å². The van der Waals surface area contributed by atoms with Gasteiger partial charge in [0.05, 0.1) is 0 Å². The molecular weight excluding hydrogens is 395 g/mol. The lowest BCUT2D eigenvalue weighted by Crippen LogP contribution is -2.30. The molecule has 5 nitrogen and oxygen atoms in total. The molecular formula is C22H26F3N3O2. The molecule has 2 N–H and O–H groups in total. The maximum Gasteiger partial charge on any atom is 0.490 e. The number of carbonyl (C=O) groups is 1. The number of carboxylic acid groups (broad SMARTS) is 1. The van der Waals surface area contributed by atoms with Crippen LogP contribution in [-0.2, 0) is 17.9 Å². The third-order valence-electron chi connectivity index (χ3n) is 4.60. The van der Waals surface area contributed by atoms with E-state index in [1.165, 1.54) is 33.3 Å². The maximum atomic E-state index is 10.6. The van der Waals surface area contributed by atoms with Gasteiger partial charge in [0.15, 0.2) is 0 Å². The molecule has 0 saturated carbocycles. The number of hydrogen-bond acceptors (Lipinski definition) is 3. The van der Waals surface area contributed by atoms with Gasteiger partial charge in [-0.1, -0.05) is 12.1 Å². The van der Waals surface area contributed by atoms with E-state index in [-0.39, 0.29) is 0 Å². The molecule has 0 aliphatic heterocycles. The van der Waals surface area contributed by atoms with E-state index in [0.29, 0.717) is 6.04 Å². The summed E-state index contributed by atoms with van der Waals surface area (Å²) in [5, 5.41) is 8.45. The maximum absolute atomic E-state index is 10.6. The largest absolute Gasteiger partial charge is 0.490 e. The highest BCUT2D eigenvalue weighted by Crippen LogP contribution is 2.23. The zero-order valence-corrected chi connectivity index (χ0v) is 17.4. The second-order valence-electron chi connectivity index (χ2n) is 7.50. The Balaban J connectivity index is 0.000000396. The molecule has 0 amide bonds. The van der Waals surface area contributed by atoms with Gasteiger partial charge in [0.25, 0.3) is 0 Å². The van der Waals surface area contributed by atoms with Crippen molar-refractivity contribution < 1.29 is 23.1 Å². The van der Waals surface area contributed by atoms with Gasteiger partial charge >= 0.3 is 12.1 Å². The van der Waals surface area contributed by atoms with E-state index in [0.717, 1.165) is 13.1 Å². The van der Waals surface area contributed by atoms with Crippen molar-refractivity contribution in [1.29, 1.82) is 0 Å². The van der Waals surface area contributed by atoms with Crippen LogP contribution in [0.3, 0.4) is 0 Å². The average Bonchev–Trinajstić information content (AvgIpc) is 3.04. The van der Waals surface area contributed by atoms with Gasteiger partial charge in [0, 0.05) is 48.1 Å². The molecule has 0 aliphatic carbocycles. The Morgan fingerprint density at radius 1 is 1.20 bits per heavy atom. The third-order valence-corrected chi connectivity index (χ3v) is 4.60. The number of aliphatic carboxylic acids is 1. The molecule has 0 atom stereocenters. The molecule has 2 aromatic heterocycles. The van der Waals surface area contributed by atoms with Crippen LogP contribution in [0, 0.1) is 13.8 Å². The van der Waals surface area contributed by atoms with Crippen LogP contribution in [0.15, 0.2) is 42.7 Å². The minimum absolute atomic E-state index is 0.476. The summed E-state index contributed by atoms with van der Waals surface area (Å²) in [4.78, 5) is 19.2. The summed E-state index contributed by atoms with van der Waals surface area (Å²) >= 11 is 0. The van der Waals surface area contributed by atoms with E-state index in [1.807, 2.05) is 18.5 Å². The molecule has 8 heteroatoms. The fraction of sp³-hybridized carbons (Fsp3) is 0.364. The zero-order chi connectivity index (χ0) is 22.5. The lowest BCUT2D eigenvalue weighted by atomic mass is 10.1. The summed E-state index contributed by atoms with van der Waals surface area (Å²) in [6.45, 7) is 10.7. The Morgan fingerprint density at radius 3 is 2.40 bits per heavy atom. The van der Waals surface area contributed by atoms with E-state index in [9.17, 15) is 13.2 Å². The molecule has 0 radical (unpaired) electrons. The predicted octanol–water partition coefficient (Wildman–Crippen LogP) is 5.22. The van der Waals surface area contributed by atoms with Gasteiger partial charge in [0.2, 0.25) is 0 Å². The number of pyridine rings is 1. The van der Waals surface area contributed by atoms with Crippen molar-refractivity contribution in [3.05, 3.63) is 65.1 Å². The molecule has 3 aromatic rings. The van der Waals surface area contributed by atoms with Crippen molar-refractivity contribution in [2.75, 3.05) is 0 Å². The normalized spacial score (nSPS) is 11.6. The molecule has 0 aliphatic rings. The molecule has 0 fully saturated rings. The first-order chi connectivity index (χ1) is 14.0. The van der Waals surface area contributed by atoms with Gasteiger partial charge < -0.3 is 10.1 Å². The number of aryl methyl sites for hydroxylation is 2. The van der Waals surface area contributed by atoms with Crippen LogP contribution in [0.4, 0.5) is 13.2 Å². The van der Waals surface area contributed by atoms with Gasteiger partial charge in [0.1, 0.15) is 0 Å². The number of carboxylic acids is 1. The Bertz CT molecular complexity index is 982. The third kappa shape index (κ3) is 6.59. The number of fused-ring (bicyclic) bond motifs is 1. The number of nitrogens with zero attached hydrogens (tertiary/aromatic N) is 2. The molecule has 0 bridgehead atoms. The van der Waals surface area contributed by atoms with Crippen LogP contribution in [0.2, 0.25) is 0 Å². The van der Waals surface area contributed by atoms with E-state index < -0.39 is 12.1 Å². The summed E-state index contributed by atoms with van der Waals surface area (Å²) in [7, 11) is 0. The fourth-order valence-corrected chi connectivity index (χ4v) is 3.11. The molecule has 0 unspecified atom stereocenters. The van der Waals surface area contributed by atoms with Crippen molar-refractivity contribution in [1.82, 2.24) is 14.9 Å². The summed E-state index contributed by atoms with van der Waals surface area (Å²) in [5.74, 6) is -2.76. The molecule has 0 spiro atoms. The van der Waals surface area contributed by atoms with Crippen molar-refractivity contribution in [3.8, 4) is 0 Å². The van der Waals surface area contributed by atoms with Gasteiger partial charge in [-0.25, -0.2) is 4.79 Å². The van der Waals surface area contributed by atoms with E-state index >= 15 is 0 Å². The molecule has 1 aromatic carbocycles. The van der Waals surface area contributed by atoms with Crippen LogP contribution in [0.25, 0.3) is 10.9 Å². The van der Waals surface area contributed by atoms with Gasteiger partial charge in [-0.15, -0.1) is 0 Å². The van der Waals surface area contributed by atoms with Crippen LogP contribution < -0.4 is 0 Å². The number of hydrogen-bond donors (Lipinski definition) is 2. The summed E-state index contributed by atoms with van der Waals surface area (Å²) in [6.07, 6.45) is -1.31. The Kier molecular flexibility index (Phi) is 7.61. The SMILES string of the molecule is Cc1cc(C)c2cc(CN(Cc3cccnc3)C(C)C)[nH]c2c1.O=C(O)C(F)(F)F. The Hall–Kier alpha value is -2.87. The molecule has 2 heterocycles. The highest BCUT2D eigenvalue weighted by Gasteiger charge is 2.38. The van der Waals surface area contributed by atoms with Crippen molar-refractivity contribution in [2.45, 2.75) is 53.0 Å². The second-order valence-corrected chi connectivity index (χ2v) is 7.50. The monoisotopic (exact) mass is 421 g/mol. The number of alkyl halides is 3. The first-order valence-electron chi connectivity index (χ1n) is 9.49. The first-order valence-corrected chi connectivity index (χ1v) is 9.49. The van der Waals surface area contributed by atoms with Gasteiger partial charge in [-0.05, 0) is 62.6 Å². The summed E-state index contributed by atoms with van der Waals surface area (Å²) < 4.78 is 31.7. The molecule has 162 valence electrons. The predicted molar refractivity (Wildman–Crippen MR) is 110 cm³/mol. The van der Waals surface area contributed by atoms with Crippen LogP contribution >= 0.6 is 0 Å².